The molecule has 0 aliphatic heterocycles. The first kappa shape index (κ1) is 8.39. The fraction of sp³-hybridized carbons (Fsp3) is 0.125. The third kappa shape index (κ3) is 2.16. The molecule has 0 aliphatic carbocycles. The van der Waals surface area contributed by atoms with E-state index in [1.54, 1.807) is 18.2 Å². The number of carboxylic acid groups (broad SMARTS) is 1. The number of aromatic nitrogens is 1. The van der Waals surface area contributed by atoms with Crippen LogP contribution in [0.5, 0.6) is 0 Å². The fourth-order valence-electron chi connectivity index (χ4n) is 0.786. The van der Waals surface area contributed by atoms with Gasteiger partial charge >= 0.3 is 11.9 Å². The molecule has 0 saturated heterocycles. The summed E-state index contributed by atoms with van der Waals surface area (Å²) in [6.07, 6.45) is 2.56. The molecule has 0 aromatic carbocycles. The minimum atomic E-state index is -1.11. The molecule has 12 heavy (non-hydrogen) atoms. The first-order valence-electron chi connectivity index (χ1n) is 3.41. The monoisotopic (exact) mass is 166 g/mol. The molecule has 4 nitrogen and oxygen atoms in total. The topological polar surface area (TPSA) is 58.2 Å². The minimum absolute atomic E-state index is 0.442. The van der Waals surface area contributed by atoms with Crippen LogP contribution in [-0.4, -0.2) is 17.0 Å². The summed E-state index contributed by atoms with van der Waals surface area (Å²) in [5, 5.41) is 8.31. The largest absolute Gasteiger partial charge is 0.481 e. The van der Waals surface area contributed by atoms with E-state index < -0.39 is 18.3 Å². The van der Waals surface area contributed by atoms with Crippen molar-refractivity contribution < 1.29 is 19.3 Å². The Morgan fingerprint density at radius 3 is 2.25 bits per heavy atom. The van der Waals surface area contributed by atoms with Crippen LogP contribution in [0, 0.1) is 0 Å². The van der Waals surface area contributed by atoms with Gasteiger partial charge in [-0.25, -0.2) is 4.79 Å². The van der Waals surface area contributed by atoms with Crippen molar-refractivity contribution in [1.29, 1.82) is 0 Å². The van der Waals surface area contributed by atoms with Gasteiger partial charge in [0.25, 0.3) is 0 Å². The third-order valence-corrected chi connectivity index (χ3v) is 1.31. The summed E-state index contributed by atoms with van der Waals surface area (Å²) in [5.41, 5.74) is 0. The van der Waals surface area contributed by atoms with E-state index in [1.807, 2.05) is 0 Å². The first-order valence-corrected chi connectivity index (χ1v) is 3.41. The van der Waals surface area contributed by atoms with E-state index in [0.29, 0.717) is 0 Å². The van der Waals surface area contributed by atoms with Gasteiger partial charge in [-0.3, -0.25) is 4.79 Å². The highest BCUT2D eigenvalue weighted by atomic mass is 16.4. The highest BCUT2D eigenvalue weighted by molar-refractivity contribution is 5.88. The number of pyridine rings is 1. The van der Waals surface area contributed by atoms with Gasteiger partial charge in [0.1, 0.15) is 0 Å². The highest BCUT2D eigenvalue weighted by Crippen LogP contribution is 1.82. The van der Waals surface area contributed by atoms with Crippen LogP contribution < -0.4 is 4.57 Å². The molecule has 0 bridgehead atoms. The average Bonchev–Trinajstić information content (AvgIpc) is 2.05. The molecule has 1 rings (SSSR count). The third-order valence-electron chi connectivity index (χ3n) is 1.31. The van der Waals surface area contributed by atoms with Crippen molar-refractivity contribution in [2.45, 2.75) is 6.42 Å². The van der Waals surface area contributed by atoms with Gasteiger partial charge in [-0.1, -0.05) is 6.07 Å². The average molecular weight is 166 g/mol. The van der Waals surface area contributed by atoms with E-state index in [0.717, 1.165) is 0 Å². The second-order valence-electron chi connectivity index (χ2n) is 2.25. The molecule has 4 heteroatoms. The molecule has 0 atom stereocenters. The molecular formula is C8H8NO3+. The summed E-state index contributed by atoms with van der Waals surface area (Å²) in [6, 6.07) is 5.09. The maximum absolute atomic E-state index is 11.0. The number of carboxylic acids is 1. The lowest BCUT2D eigenvalue weighted by atomic mass is 10.4. The normalized spacial score (nSPS) is 9.33. The summed E-state index contributed by atoms with van der Waals surface area (Å²) in [4.78, 5) is 21.2. The van der Waals surface area contributed by atoms with Crippen LogP contribution in [-0.2, 0) is 4.79 Å². The van der Waals surface area contributed by atoms with E-state index in [4.69, 9.17) is 5.11 Å². The number of hydrogen-bond donors (Lipinski definition) is 1. The summed E-state index contributed by atoms with van der Waals surface area (Å²) < 4.78 is 1.24. The standard InChI is InChI=1S/C8H7NO3/c10-7(6-8(11)12)9-4-2-1-3-5-9/h1-5H,6H2/p+1. The van der Waals surface area contributed by atoms with Crippen LogP contribution in [0.1, 0.15) is 11.2 Å². The Morgan fingerprint density at radius 1 is 1.17 bits per heavy atom. The van der Waals surface area contributed by atoms with Gasteiger partial charge < -0.3 is 5.11 Å². The van der Waals surface area contributed by atoms with E-state index in [1.165, 1.54) is 17.0 Å². The molecule has 1 aromatic heterocycles. The van der Waals surface area contributed by atoms with Crippen molar-refractivity contribution in [3.8, 4) is 0 Å². The molecule has 0 fully saturated rings. The summed E-state index contributed by atoms with van der Waals surface area (Å²) in [6.45, 7) is 0. The Labute approximate surface area is 69.1 Å². The molecule has 62 valence electrons. The van der Waals surface area contributed by atoms with Crippen molar-refractivity contribution in [3.05, 3.63) is 30.6 Å². The Morgan fingerprint density at radius 2 is 1.75 bits per heavy atom. The molecule has 1 aromatic rings. The zero-order chi connectivity index (χ0) is 8.97. The maximum Gasteiger partial charge on any atom is 0.403 e. The lowest BCUT2D eigenvalue weighted by molar-refractivity contribution is -0.573. The molecule has 0 spiro atoms. The van der Waals surface area contributed by atoms with Gasteiger partial charge in [0.05, 0.1) is 0 Å². The maximum atomic E-state index is 11.0. The number of nitrogens with zero attached hydrogens (tertiary/aromatic N) is 1. The minimum Gasteiger partial charge on any atom is -0.481 e. The smallest absolute Gasteiger partial charge is 0.403 e. The van der Waals surface area contributed by atoms with Crippen LogP contribution in [0.4, 0.5) is 0 Å². The second-order valence-corrected chi connectivity index (χ2v) is 2.25. The molecule has 1 N–H and O–H groups in total. The molecular weight excluding hydrogens is 158 g/mol. The molecule has 0 aliphatic rings. The summed E-state index contributed by atoms with van der Waals surface area (Å²) in [5.74, 6) is -1.56. The Hall–Kier alpha value is -1.71. The zero-order valence-electron chi connectivity index (χ0n) is 6.30. The summed E-state index contributed by atoms with van der Waals surface area (Å²) >= 11 is 0. The van der Waals surface area contributed by atoms with E-state index in [-0.39, 0.29) is 0 Å². The van der Waals surface area contributed by atoms with E-state index >= 15 is 0 Å². The first-order chi connectivity index (χ1) is 5.70. The SMILES string of the molecule is O=C(O)CC(=O)[n+]1ccccc1. The van der Waals surface area contributed by atoms with Crippen LogP contribution in [0.15, 0.2) is 30.6 Å². The van der Waals surface area contributed by atoms with Crippen LogP contribution in [0.3, 0.4) is 0 Å². The predicted octanol–water partition coefficient (Wildman–Crippen LogP) is 0.0890. The molecule has 0 unspecified atom stereocenters. The van der Waals surface area contributed by atoms with Crippen molar-refractivity contribution >= 4 is 11.9 Å². The Balaban J connectivity index is 2.73. The highest BCUT2D eigenvalue weighted by Gasteiger charge is 2.16. The van der Waals surface area contributed by atoms with Crippen molar-refractivity contribution in [1.82, 2.24) is 0 Å². The predicted molar refractivity (Wildman–Crippen MR) is 39.5 cm³/mol. The van der Waals surface area contributed by atoms with Gasteiger partial charge in [0.2, 0.25) is 0 Å². The number of aliphatic carboxylic acids is 1. The van der Waals surface area contributed by atoms with E-state index in [2.05, 4.69) is 0 Å². The summed E-state index contributed by atoms with van der Waals surface area (Å²) in [7, 11) is 0. The van der Waals surface area contributed by atoms with E-state index in [9.17, 15) is 9.59 Å². The number of rotatable bonds is 2. The van der Waals surface area contributed by atoms with Crippen molar-refractivity contribution in [2.24, 2.45) is 0 Å². The lowest BCUT2D eigenvalue weighted by Crippen LogP contribution is -2.42. The molecule has 0 radical (unpaired) electrons. The Bertz CT molecular complexity index is 294. The number of hydrogen-bond acceptors (Lipinski definition) is 2. The van der Waals surface area contributed by atoms with Crippen LogP contribution in [0.25, 0.3) is 0 Å². The van der Waals surface area contributed by atoms with Gasteiger partial charge in [0.15, 0.2) is 18.8 Å². The van der Waals surface area contributed by atoms with Crippen molar-refractivity contribution in [3.63, 3.8) is 0 Å². The molecule has 0 saturated carbocycles. The quantitative estimate of drug-likeness (QED) is 0.500. The van der Waals surface area contributed by atoms with Gasteiger partial charge in [-0.2, -0.15) is 0 Å². The van der Waals surface area contributed by atoms with Crippen LogP contribution >= 0.6 is 0 Å². The lowest BCUT2D eigenvalue weighted by Gasteiger charge is -1.89. The zero-order valence-corrected chi connectivity index (χ0v) is 6.30. The fourth-order valence-corrected chi connectivity index (χ4v) is 0.786. The van der Waals surface area contributed by atoms with Gasteiger partial charge in [-0.05, 0) is 0 Å². The Kier molecular flexibility index (Phi) is 2.53. The number of carbonyl (C=O) groups is 2. The molecule has 0 amide bonds. The molecule has 1 heterocycles. The number of carbonyl (C=O) groups excluding carboxylic acids is 1. The second kappa shape index (κ2) is 3.61. The van der Waals surface area contributed by atoms with Gasteiger partial charge in [-0.15, -0.1) is 4.57 Å². The van der Waals surface area contributed by atoms with Gasteiger partial charge in [0, 0.05) is 12.1 Å². The van der Waals surface area contributed by atoms with Crippen LogP contribution in [0.2, 0.25) is 0 Å². The van der Waals surface area contributed by atoms with Crippen molar-refractivity contribution in [2.75, 3.05) is 0 Å².